The second-order valence-corrected chi connectivity index (χ2v) is 9.68. The Morgan fingerprint density at radius 2 is 1.70 bits per heavy atom. The van der Waals surface area contributed by atoms with Gasteiger partial charge in [-0.3, -0.25) is 4.90 Å². The highest BCUT2D eigenvalue weighted by Gasteiger charge is 2.28. The highest BCUT2D eigenvalue weighted by Crippen LogP contribution is 2.23. The van der Waals surface area contributed by atoms with Crippen LogP contribution in [0.2, 0.25) is 0 Å². The zero-order valence-corrected chi connectivity index (χ0v) is 17.5. The van der Waals surface area contributed by atoms with Crippen molar-refractivity contribution in [3.8, 4) is 0 Å². The summed E-state index contributed by atoms with van der Waals surface area (Å²) in [6.07, 6.45) is 5.45. The van der Waals surface area contributed by atoms with Crippen LogP contribution in [0.25, 0.3) is 0 Å². The van der Waals surface area contributed by atoms with E-state index in [2.05, 4.69) is 45.7 Å². The predicted molar refractivity (Wildman–Crippen MR) is 111 cm³/mol. The van der Waals surface area contributed by atoms with E-state index in [1.807, 2.05) is 6.07 Å². The molecular formula is C20H34N4O2S. The first kappa shape index (κ1) is 20.6. The molecule has 1 aliphatic carbocycles. The van der Waals surface area contributed by atoms with Crippen molar-refractivity contribution in [1.82, 2.24) is 13.9 Å². The Hall–Kier alpha value is -1.15. The van der Waals surface area contributed by atoms with Gasteiger partial charge >= 0.3 is 0 Å². The molecule has 0 radical (unpaired) electrons. The molecule has 0 spiro atoms. The van der Waals surface area contributed by atoms with Gasteiger partial charge in [0, 0.05) is 57.5 Å². The Bertz CT molecular complexity index is 668. The molecule has 6 nitrogen and oxygen atoms in total. The fraction of sp³-hybridized carbons (Fsp3) is 0.700. The molecule has 1 aromatic carbocycles. The molecule has 2 fully saturated rings. The summed E-state index contributed by atoms with van der Waals surface area (Å²) >= 11 is 0. The standard InChI is InChI=1S/C20H34N4O2S/c1-18(17-21-27(25,26)22(2)19-9-5-3-6-10-19)23-13-15-24(16-14-23)20-11-7-4-8-12-20/h4,7-8,11-12,18-19,21H,3,5-6,9-10,13-17H2,1-2H3/t18-/m0/s1. The fourth-order valence-corrected chi connectivity index (χ4v) is 5.42. The van der Waals surface area contributed by atoms with Crippen LogP contribution in [0.4, 0.5) is 5.69 Å². The van der Waals surface area contributed by atoms with Crippen molar-refractivity contribution in [2.45, 2.75) is 51.1 Å². The van der Waals surface area contributed by atoms with Gasteiger partial charge in [0.25, 0.3) is 10.2 Å². The van der Waals surface area contributed by atoms with Crippen LogP contribution >= 0.6 is 0 Å². The first-order valence-corrected chi connectivity index (χ1v) is 11.7. The Morgan fingerprint density at radius 1 is 1.07 bits per heavy atom. The molecule has 0 bridgehead atoms. The van der Waals surface area contributed by atoms with E-state index in [0.717, 1.165) is 51.9 Å². The number of hydrogen-bond acceptors (Lipinski definition) is 4. The average molecular weight is 395 g/mol. The molecule has 27 heavy (non-hydrogen) atoms. The third kappa shape index (κ3) is 5.44. The highest BCUT2D eigenvalue weighted by molar-refractivity contribution is 7.87. The van der Waals surface area contributed by atoms with Crippen molar-refractivity contribution >= 4 is 15.9 Å². The lowest BCUT2D eigenvalue weighted by Gasteiger charge is -2.39. The summed E-state index contributed by atoms with van der Waals surface area (Å²) in [5.41, 5.74) is 1.26. The van der Waals surface area contributed by atoms with Crippen LogP contribution in [0, 0.1) is 0 Å². The topological polar surface area (TPSA) is 55.9 Å². The summed E-state index contributed by atoms with van der Waals surface area (Å²) in [4.78, 5) is 4.77. The number of piperazine rings is 1. The van der Waals surface area contributed by atoms with Crippen LogP contribution in [0.3, 0.4) is 0 Å². The maximum atomic E-state index is 12.6. The molecular weight excluding hydrogens is 360 g/mol. The lowest BCUT2D eigenvalue weighted by atomic mass is 9.96. The number of hydrogen-bond donors (Lipinski definition) is 1. The average Bonchev–Trinajstić information content (AvgIpc) is 2.73. The monoisotopic (exact) mass is 394 g/mol. The lowest BCUT2D eigenvalue weighted by molar-refractivity contribution is 0.197. The number of nitrogens with zero attached hydrogens (tertiary/aromatic N) is 3. The molecule has 2 aliphatic rings. The summed E-state index contributed by atoms with van der Waals surface area (Å²) in [5.74, 6) is 0. The minimum atomic E-state index is -3.40. The first-order chi connectivity index (χ1) is 13.0. The molecule has 1 saturated heterocycles. The van der Waals surface area contributed by atoms with Gasteiger partial charge in [-0.25, -0.2) is 4.72 Å². The Labute approximate surface area is 164 Å². The van der Waals surface area contributed by atoms with Crippen LogP contribution in [-0.2, 0) is 10.2 Å². The molecule has 3 rings (SSSR count). The van der Waals surface area contributed by atoms with E-state index in [-0.39, 0.29) is 12.1 Å². The van der Waals surface area contributed by atoms with Gasteiger partial charge < -0.3 is 4.90 Å². The number of rotatable bonds is 7. The molecule has 1 heterocycles. The quantitative estimate of drug-likeness (QED) is 0.771. The fourth-order valence-electron chi connectivity index (χ4n) is 4.16. The van der Waals surface area contributed by atoms with Gasteiger partial charge in [0.1, 0.15) is 0 Å². The van der Waals surface area contributed by atoms with Gasteiger partial charge in [0.2, 0.25) is 0 Å². The van der Waals surface area contributed by atoms with Crippen LogP contribution in [-0.4, -0.2) is 69.5 Å². The molecule has 0 unspecified atom stereocenters. The summed E-state index contributed by atoms with van der Waals surface area (Å²) in [7, 11) is -1.68. The van der Waals surface area contributed by atoms with Gasteiger partial charge in [-0.15, -0.1) is 0 Å². The second-order valence-electron chi connectivity index (χ2n) is 7.87. The smallest absolute Gasteiger partial charge is 0.279 e. The molecule has 0 aromatic heterocycles. The molecule has 1 atom stereocenters. The van der Waals surface area contributed by atoms with Crippen LogP contribution < -0.4 is 9.62 Å². The third-order valence-corrected chi connectivity index (χ3v) is 7.68. The van der Waals surface area contributed by atoms with Gasteiger partial charge in [-0.1, -0.05) is 37.5 Å². The van der Waals surface area contributed by atoms with Crippen molar-refractivity contribution in [3.05, 3.63) is 30.3 Å². The SMILES string of the molecule is C[C@@H](CNS(=O)(=O)N(C)C1CCCCC1)N1CCN(c2ccccc2)CC1. The van der Waals surface area contributed by atoms with E-state index in [4.69, 9.17) is 0 Å². The van der Waals surface area contributed by atoms with E-state index in [1.54, 1.807) is 11.4 Å². The molecule has 1 aliphatic heterocycles. The normalized spacial score (nSPS) is 21.5. The van der Waals surface area contributed by atoms with Crippen LogP contribution in [0.1, 0.15) is 39.0 Å². The molecule has 1 saturated carbocycles. The molecule has 152 valence electrons. The summed E-state index contributed by atoms with van der Waals surface area (Å²) < 4.78 is 29.7. The van der Waals surface area contributed by atoms with Crippen molar-refractivity contribution in [3.63, 3.8) is 0 Å². The Morgan fingerprint density at radius 3 is 2.33 bits per heavy atom. The number of para-hydroxylation sites is 1. The van der Waals surface area contributed by atoms with Crippen molar-refractivity contribution in [2.24, 2.45) is 0 Å². The highest BCUT2D eigenvalue weighted by atomic mass is 32.2. The van der Waals surface area contributed by atoms with Crippen molar-refractivity contribution in [1.29, 1.82) is 0 Å². The van der Waals surface area contributed by atoms with Crippen LogP contribution in [0.5, 0.6) is 0 Å². The van der Waals surface area contributed by atoms with E-state index < -0.39 is 10.2 Å². The van der Waals surface area contributed by atoms with Gasteiger partial charge in [0.15, 0.2) is 0 Å². The number of anilines is 1. The van der Waals surface area contributed by atoms with E-state index in [1.165, 1.54) is 12.1 Å². The molecule has 7 heteroatoms. The first-order valence-electron chi connectivity index (χ1n) is 10.2. The summed E-state index contributed by atoms with van der Waals surface area (Å²) in [5, 5.41) is 0. The van der Waals surface area contributed by atoms with E-state index in [9.17, 15) is 8.42 Å². The minimum absolute atomic E-state index is 0.154. The molecule has 0 amide bonds. The van der Waals surface area contributed by atoms with Gasteiger partial charge in [0.05, 0.1) is 0 Å². The zero-order chi connectivity index (χ0) is 19.3. The maximum Gasteiger partial charge on any atom is 0.279 e. The number of benzene rings is 1. The Balaban J connectivity index is 1.46. The van der Waals surface area contributed by atoms with Crippen molar-refractivity contribution in [2.75, 3.05) is 44.7 Å². The predicted octanol–water partition coefficient (Wildman–Crippen LogP) is 2.30. The summed E-state index contributed by atoms with van der Waals surface area (Å²) in [6.45, 7) is 6.44. The number of nitrogens with one attached hydrogen (secondary N) is 1. The van der Waals surface area contributed by atoms with Crippen LogP contribution in [0.15, 0.2) is 30.3 Å². The molecule has 1 aromatic rings. The zero-order valence-electron chi connectivity index (χ0n) is 16.7. The van der Waals surface area contributed by atoms with Gasteiger partial charge in [-0.05, 0) is 31.9 Å². The largest absolute Gasteiger partial charge is 0.369 e. The maximum absolute atomic E-state index is 12.6. The second kappa shape index (κ2) is 9.37. The van der Waals surface area contributed by atoms with Crippen molar-refractivity contribution < 1.29 is 8.42 Å². The van der Waals surface area contributed by atoms with Gasteiger partial charge in [-0.2, -0.15) is 12.7 Å². The molecule has 1 N–H and O–H groups in total. The lowest BCUT2D eigenvalue weighted by Crippen LogP contribution is -2.53. The van der Waals surface area contributed by atoms with E-state index in [0.29, 0.717) is 6.54 Å². The third-order valence-electron chi connectivity index (χ3n) is 6.09. The van der Waals surface area contributed by atoms with E-state index >= 15 is 0 Å². The summed E-state index contributed by atoms with van der Waals surface area (Å²) in [6, 6.07) is 10.8. The minimum Gasteiger partial charge on any atom is -0.369 e. The Kier molecular flexibility index (Phi) is 7.14.